The van der Waals surface area contributed by atoms with Crippen LogP contribution in [0.1, 0.15) is 0 Å². The Balaban J connectivity index is 3.19. The Kier molecular flexibility index (Phi) is 2.72. The van der Waals surface area contributed by atoms with Crippen LogP contribution in [0.2, 0.25) is 0 Å². The summed E-state index contributed by atoms with van der Waals surface area (Å²) in [6.07, 6.45) is 1.16. The highest BCUT2D eigenvalue weighted by molar-refractivity contribution is 14.1. The second-order valence-electron chi connectivity index (χ2n) is 1.81. The van der Waals surface area contributed by atoms with Crippen molar-refractivity contribution in [1.29, 1.82) is 0 Å². The van der Waals surface area contributed by atoms with Crippen LogP contribution in [0, 0.1) is 0 Å². The van der Waals surface area contributed by atoms with Gasteiger partial charge in [-0.2, -0.15) is 0 Å². The van der Waals surface area contributed by atoms with E-state index in [1.165, 1.54) is 0 Å². The number of halogens is 3. The molecule has 5 heteroatoms. The Hall–Kier alpha value is 0.130. The second kappa shape index (κ2) is 3.25. The zero-order valence-corrected chi connectivity index (χ0v) is 8.70. The lowest BCUT2D eigenvalue weighted by atomic mass is 10.2. The molecule has 0 bridgehead atoms. The van der Waals surface area contributed by atoms with Crippen LogP contribution in [-0.4, -0.2) is 11.6 Å². The van der Waals surface area contributed by atoms with E-state index in [1.54, 1.807) is 22.6 Å². The number of hydrogen-bond acceptors (Lipinski definition) is 2. The van der Waals surface area contributed by atoms with Gasteiger partial charge in [-0.25, -0.2) is 0 Å². The summed E-state index contributed by atoms with van der Waals surface area (Å²) >= 11 is 12.6. The molecule has 0 spiro atoms. The number of rotatable bonds is 0. The Morgan fingerprint density at radius 3 is 2.27 bits per heavy atom. The molecule has 0 aliphatic heterocycles. The molecule has 1 rings (SSSR count). The van der Waals surface area contributed by atoms with Crippen LogP contribution < -0.4 is 0 Å². The number of hydrogen-bond donors (Lipinski definition) is 0. The Morgan fingerprint density at radius 1 is 1.18 bits per heavy atom. The first kappa shape index (κ1) is 9.22. The molecule has 1 aliphatic rings. The number of Topliss-reactive ketones (excluding diaryl/α,β-unsaturated/α-hetero) is 1. The van der Waals surface area contributed by atoms with Gasteiger partial charge >= 0.3 is 0 Å². The lowest BCUT2D eigenvalue weighted by Crippen LogP contribution is -2.10. The molecule has 0 unspecified atom stereocenters. The van der Waals surface area contributed by atoms with E-state index in [2.05, 4.69) is 0 Å². The van der Waals surface area contributed by atoms with Crippen molar-refractivity contribution >= 4 is 57.4 Å². The third kappa shape index (κ3) is 1.65. The lowest BCUT2D eigenvalue weighted by Gasteiger charge is -2.05. The topological polar surface area (TPSA) is 34.1 Å². The molecule has 0 aromatic rings. The summed E-state index contributed by atoms with van der Waals surface area (Å²) < 4.78 is 0.294. The maximum Gasteiger partial charge on any atom is 0.212 e. The van der Waals surface area contributed by atoms with Crippen LogP contribution in [0.15, 0.2) is 19.7 Å². The summed E-state index contributed by atoms with van der Waals surface area (Å²) in [5, 5.41) is -0.388. The van der Waals surface area contributed by atoms with Gasteiger partial charge in [-0.1, -0.05) is 23.2 Å². The molecule has 0 saturated carbocycles. The van der Waals surface area contributed by atoms with Gasteiger partial charge < -0.3 is 0 Å². The van der Waals surface area contributed by atoms with Gasteiger partial charge in [0.2, 0.25) is 5.78 Å². The molecule has 0 aromatic heterocycles. The number of carbonyl (C=O) groups is 2. The molecule has 0 fully saturated rings. The minimum absolute atomic E-state index is 0.191. The normalized spacial score (nSPS) is 19.0. The van der Waals surface area contributed by atoms with Crippen LogP contribution in [0.5, 0.6) is 0 Å². The second-order valence-corrected chi connectivity index (χ2v) is 3.73. The molecule has 0 heterocycles. The van der Waals surface area contributed by atoms with E-state index in [0.29, 0.717) is 3.58 Å². The molecule has 58 valence electrons. The zero-order chi connectivity index (χ0) is 8.59. The summed E-state index contributed by atoms with van der Waals surface area (Å²) in [7, 11) is 0. The molecule has 0 N–H and O–H groups in total. The number of ketones is 2. The van der Waals surface area contributed by atoms with Crippen molar-refractivity contribution in [3.05, 3.63) is 19.7 Å². The predicted molar refractivity (Wildman–Crippen MR) is 50.8 cm³/mol. The summed E-state index contributed by atoms with van der Waals surface area (Å²) in [4.78, 5) is 21.8. The van der Waals surface area contributed by atoms with Crippen molar-refractivity contribution in [3.8, 4) is 0 Å². The predicted octanol–water partition coefficient (Wildman–Crippen LogP) is 2.15. The van der Waals surface area contributed by atoms with Gasteiger partial charge in [-0.3, -0.25) is 9.59 Å². The summed E-state index contributed by atoms with van der Waals surface area (Å²) in [5.41, 5.74) is 0. The minimum Gasteiger partial charge on any atom is -0.288 e. The van der Waals surface area contributed by atoms with Crippen LogP contribution in [0.3, 0.4) is 0 Å². The third-order valence-corrected chi connectivity index (χ3v) is 2.72. The largest absolute Gasteiger partial charge is 0.288 e. The lowest BCUT2D eigenvalue weighted by molar-refractivity contribution is -0.114. The van der Waals surface area contributed by atoms with Crippen molar-refractivity contribution in [1.82, 2.24) is 0 Å². The van der Waals surface area contributed by atoms with Gasteiger partial charge in [0.1, 0.15) is 10.1 Å². The highest BCUT2D eigenvalue weighted by Gasteiger charge is 2.24. The fourth-order valence-electron chi connectivity index (χ4n) is 0.557. The van der Waals surface area contributed by atoms with Crippen molar-refractivity contribution < 1.29 is 9.59 Å². The first-order chi connectivity index (χ1) is 5.04. The Bertz CT molecular complexity index is 304. The molecular formula is C6HCl2IO2. The average molecular weight is 303 g/mol. The van der Waals surface area contributed by atoms with Gasteiger partial charge in [0, 0.05) is 6.08 Å². The monoisotopic (exact) mass is 302 g/mol. The molecule has 2 nitrogen and oxygen atoms in total. The van der Waals surface area contributed by atoms with Crippen LogP contribution >= 0.6 is 45.8 Å². The average Bonchev–Trinajstić information content (AvgIpc) is 1.97. The molecule has 0 aromatic carbocycles. The first-order valence-corrected chi connectivity index (χ1v) is 4.39. The van der Waals surface area contributed by atoms with E-state index < -0.39 is 11.6 Å². The molecule has 0 amide bonds. The first-order valence-electron chi connectivity index (χ1n) is 2.55. The van der Waals surface area contributed by atoms with Gasteiger partial charge in [0.25, 0.3) is 0 Å². The van der Waals surface area contributed by atoms with E-state index in [1.807, 2.05) is 0 Å². The van der Waals surface area contributed by atoms with E-state index in [9.17, 15) is 9.59 Å². The molecule has 11 heavy (non-hydrogen) atoms. The third-order valence-electron chi connectivity index (χ3n) is 1.08. The van der Waals surface area contributed by atoms with Crippen molar-refractivity contribution in [3.63, 3.8) is 0 Å². The Morgan fingerprint density at radius 2 is 1.73 bits per heavy atom. The van der Waals surface area contributed by atoms with E-state index in [4.69, 9.17) is 23.2 Å². The summed E-state index contributed by atoms with van der Waals surface area (Å²) in [6, 6.07) is 0. The summed E-state index contributed by atoms with van der Waals surface area (Å²) in [6.45, 7) is 0. The summed E-state index contributed by atoms with van der Waals surface area (Å²) in [5.74, 6) is -0.808. The van der Waals surface area contributed by atoms with Gasteiger partial charge in [-0.15, -0.1) is 0 Å². The van der Waals surface area contributed by atoms with Crippen molar-refractivity contribution in [2.45, 2.75) is 0 Å². The molecular weight excluding hydrogens is 302 g/mol. The van der Waals surface area contributed by atoms with Gasteiger partial charge in [0.05, 0.1) is 3.58 Å². The van der Waals surface area contributed by atoms with Crippen molar-refractivity contribution in [2.75, 3.05) is 0 Å². The number of carbonyl (C=O) groups excluding carboxylic acids is 2. The maximum atomic E-state index is 11.0. The van der Waals surface area contributed by atoms with E-state index >= 15 is 0 Å². The SMILES string of the molecule is O=C1C=C(I)C(=O)C(Cl)=C1Cl. The van der Waals surface area contributed by atoms with Crippen LogP contribution in [-0.2, 0) is 9.59 Å². The number of allylic oxidation sites excluding steroid dienone is 4. The highest BCUT2D eigenvalue weighted by Crippen LogP contribution is 2.27. The smallest absolute Gasteiger partial charge is 0.212 e. The van der Waals surface area contributed by atoms with E-state index in [0.717, 1.165) is 6.08 Å². The molecule has 1 aliphatic carbocycles. The highest BCUT2D eigenvalue weighted by atomic mass is 127. The van der Waals surface area contributed by atoms with Crippen LogP contribution in [0.25, 0.3) is 0 Å². The van der Waals surface area contributed by atoms with Crippen molar-refractivity contribution in [2.24, 2.45) is 0 Å². The Labute approximate surface area is 86.4 Å². The van der Waals surface area contributed by atoms with E-state index in [-0.39, 0.29) is 10.1 Å². The standard InChI is InChI=1S/C6HCl2IO2/c7-4-3(10)1-2(9)6(11)5(4)8/h1H. The minimum atomic E-state index is -0.416. The van der Waals surface area contributed by atoms with Gasteiger partial charge in [0.15, 0.2) is 5.78 Å². The molecule has 0 radical (unpaired) electrons. The molecule has 0 saturated heterocycles. The maximum absolute atomic E-state index is 11.0. The zero-order valence-electron chi connectivity index (χ0n) is 5.03. The van der Waals surface area contributed by atoms with Gasteiger partial charge in [-0.05, 0) is 22.6 Å². The quantitative estimate of drug-likeness (QED) is 0.507. The van der Waals surface area contributed by atoms with Crippen LogP contribution in [0.4, 0.5) is 0 Å². The fraction of sp³-hybridized carbons (Fsp3) is 0. The molecule has 0 atom stereocenters. The fourth-order valence-corrected chi connectivity index (χ4v) is 1.60.